The van der Waals surface area contributed by atoms with Crippen molar-refractivity contribution in [3.8, 4) is 11.5 Å². The van der Waals surface area contributed by atoms with Gasteiger partial charge >= 0.3 is 0 Å². The number of hydrogen-bond acceptors (Lipinski definition) is 4. The summed E-state index contributed by atoms with van der Waals surface area (Å²) in [5.74, 6) is 1.51. The third-order valence-electron chi connectivity index (χ3n) is 3.73. The molecule has 0 bridgehead atoms. The number of aromatic nitrogens is 2. The molecule has 0 aliphatic carbocycles. The molecule has 0 amide bonds. The second kappa shape index (κ2) is 9.08. The molecule has 132 valence electrons. The fourth-order valence-corrected chi connectivity index (χ4v) is 3.32. The van der Waals surface area contributed by atoms with Crippen molar-refractivity contribution >= 4 is 15.9 Å². The minimum Gasteiger partial charge on any atom is -0.492 e. The highest BCUT2D eigenvalue weighted by Crippen LogP contribution is 2.36. The molecule has 1 heterocycles. The lowest BCUT2D eigenvalue weighted by atomic mass is 10.2. The number of nitrogens with zero attached hydrogens (tertiary/aromatic N) is 2. The highest BCUT2D eigenvalue weighted by molar-refractivity contribution is 9.10. The average Bonchev–Trinajstić information content (AvgIpc) is 2.85. The smallest absolute Gasteiger partial charge is 0.174 e. The molecular weight excluding hydrogens is 370 g/mol. The van der Waals surface area contributed by atoms with Crippen molar-refractivity contribution in [1.82, 2.24) is 15.1 Å². The van der Waals surface area contributed by atoms with Crippen LogP contribution in [-0.2, 0) is 13.1 Å². The van der Waals surface area contributed by atoms with E-state index in [-0.39, 0.29) is 0 Å². The van der Waals surface area contributed by atoms with Crippen LogP contribution in [0.3, 0.4) is 0 Å². The van der Waals surface area contributed by atoms with Crippen molar-refractivity contribution in [2.24, 2.45) is 0 Å². The molecule has 0 saturated heterocycles. The van der Waals surface area contributed by atoms with Gasteiger partial charge in [-0.15, -0.1) is 0 Å². The number of aryl methyl sites for hydroxylation is 3. The Labute approximate surface area is 152 Å². The van der Waals surface area contributed by atoms with Crippen molar-refractivity contribution in [2.75, 3.05) is 20.3 Å². The molecular formula is C18H26BrN3O2. The van der Waals surface area contributed by atoms with Crippen molar-refractivity contribution in [2.45, 2.75) is 40.3 Å². The number of hydrogen-bond donors (Lipinski definition) is 1. The van der Waals surface area contributed by atoms with Crippen LogP contribution < -0.4 is 14.8 Å². The number of benzene rings is 1. The molecule has 1 aromatic carbocycles. The predicted molar refractivity (Wildman–Crippen MR) is 99.9 cm³/mol. The Balaban J connectivity index is 1.84. The van der Waals surface area contributed by atoms with E-state index in [1.807, 2.05) is 19.9 Å². The van der Waals surface area contributed by atoms with Crippen molar-refractivity contribution in [3.63, 3.8) is 0 Å². The van der Waals surface area contributed by atoms with Crippen LogP contribution in [0.1, 0.15) is 30.3 Å². The van der Waals surface area contributed by atoms with E-state index in [0.717, 1.165) is 53.3 Å². The van der Waals surface area contributed by atoms with Crippen molar-refractivity contribution < 1.29 is 9.47 Å². The average molecular weight is 396 g/mol. The van der Waals surface area contributed by atoms with E-state index >= 15 is 0 Å². The predicted octanol–water partition coefficient (Wildman–Crippen LogP) is 3.85. The van der Waals surface area contributed by atoms with E-state index in [0.29, 0.717) is 6.61 Å². The van der Waals surface area contributed by atoms with E-state index in [4.69, 9.17) is 9.47 Å². The normalized spacial score (nSPS) is 10.9. The van der Waals surface area contributed by atoms with E-state index in [2.05, 4.69) is 50.1 Å². The lowest BCUT2D eigenvalue weighted by Crippen LogP contribution is -2.17. The van der Waals surface area contributed by atoms with Gasteiger partial charge in [0.2, 0.25) is 0 Å². The summed E-state index contributed by atoms with van der Waals surface area (Å²) in [6.45, 7) is 9.37. The molecule has 2 aromatic rings. The highest BCUT2D eigenvalue weighted by atomic mass is 79.9. The Hall–Kier alpha value is -1.53. The van der Waals surface area contributed by atoms with Gasteiger partial charge in [-0.1, -0.05) is 0 Å². The summed E-state index contributed by atoms with van der Waals surface area (Å²) in [6.07, 6.45) is 1.04. The summed E-state index contributed by atoms with van der Waals surface area (Å²) < 4.78 is 14.0. The van der Waals surface area contributed by atoms with Gasteiger partial charge in [0.05, 0.1) is 23.9 Å². The van der Waals surface area contributed by atoms with Crippen LogP contribution in [0.5, 0.6) is 11.5 Å². The summed E-state index contributed by atoms with van der Waals surface area (Å²) in [6, 6.07) is 6.20. The minimum absolute atomic E-state index is 0.613. The fraction of sp³-hybridized carbons (Fsp3) is 0.500. The topological polar surface area (TPSA) is 48.3 Å². The molecule has 0 saturated carbocycles. The lowest BCUT2D eigenvalue weighted by Gasteiger charge is -2.14. The molecule has 1 N–H and O–H groups in total. The zero-order valence-corrected chi connectivity index (χ0v) is 16.4. The van der Waals surface area contributed by atoms with Gasteiger partial charge in [-0.25, -0.2) is 0 Å². The zero-order chi connectivity index (χ0) is 17.5. The quantitative estimate of drug-likeness (QED) is 0.655. The van der Waals surface area contributed by atoms with Gasteiger partial charge in [0.1, 0.15) is 0 Å². The van der Waals surface area contributed by atoms with Gasteiger partial charge < -0.3 is 14.8 Å². The largest absolute Gasteiger partial charge is 0.492 e. The molecule has 1 aromatic heterocycles. The van der Waals surface area contributed by atoms with Crippen LogP contribution in [0.25, 0.3) is 0 Å². The van der Waals surface area contributed by atoms with Crippen LogP contribution in [0.15, 0.2) is 22.7 Å². The molecule has 0 aliphatic rings. The van der Waals surface area contributed by atoms with Crippen molar-refractivity contribution in [3.05, 3.63) is 39.6 Å². The van der Waals surface area contributed by atoms with E-state index in [1.165, 1.54) is 5.69 Å². The molecule has 0 radical (unpaired) electrons. The maximum Gasteiger partial charge on any atom is 0.174 e. The number of ether oxygens (including phenoxy) is 2. The number of rotatable bonds is 9. The Morgan fingerprint density at radius 2 is 2.04 bits per heavy atom. The maximum absolute atomic E-state index is 5.66. The summed E-state index contributed by atoms with van der Waals surface area (Å²) >= 11 is 3.55. The molecule has 0 fully saturated rings. The molecule has 6 heteroatoms. The van der Waals surface area contributed by atoms with Gasteiger partial charge in [0.15, 0.2) is 11.5 Å². The Bertz CT molecular complexity index is 671. The first-order valence-corrected chi connectivity index (χ1v) is 9.05. The van der Waals surface area contributed by atoms with Crippen LogP contribution in [0.4, 0.5) is 0 Å². The number of halogens is 1. The summed E-state index contributed by atoms with van der Waals surface area (Å²) in [4.78, 5) is 0. The van der Waals surface area contributed by atoms with Crippen molar-refractivity contribution in [1.29, 1.82) is 0 Å². The third kappa shape index (κ3) is 4.98. The van der Waals surface area contributed by atoms with Crippen LogP contribution in [-0.4, -0.2) is 30.0 Å². The molecule has 0 aliphatic heterocycles. The minimum atomic E-state index is 0.613. The standard InChI is InChI=1S/C18H26BrN3O2/c1-5-24-17-11-15(10-16(19)18(17)23-4)12-20-7-6-8-22-14(3)9-13(2)21-22/h9-11,20H,5-8,12H2,1-4H3. The van der Waals surface area contributed by atoms with E-state index in [9.17, 15) is 0 Å². The summed E-state index contributed by atoms with van der Waals surface area (Å²) in [5, 5.41) is 7.95. The van der Waals surface area contributed by atoms with E-state index < -0.39 is 0 Å². The van der Waals surface area contributed by atoms with Gasteiger partial charge in [0, 0.05) is 18.8 Å². The highest BCUT2D eigenvalue weighted by Gasteiger charge is 2.11. The first-order chi connectivity index (χ1) is 11.5. The van der Waals surface area contributed by atoms with Gasteiger partial charge in [-0.2, -0.15) is 5.10 Å². The molecule has 2 rings (SSSR count). The zero-order valence-electron chi connectivity index (χ0n) is 14.9. The van der Waals surface area contributed by atoms with E-state index in [1.54, 1.807) is 7.11 Å². The third-order valence-corrected chi connectivity index (χ3v) is 4.32. The second-order valence-electron chi connectivity index (χ2n) is 5.72. The Kier molecular flexibility index (Phi) is 7.12. The number of methoxy groups -OCH3 is 1. The lowest BCUT2D eigenvalue weighted by molar-refractivity contribution is 0.309. The molecule has 0 atom stereocenters. The molecule has 5 nitrogen and oxygen atoms in total. The summed E-state index contributed by atoms with van der Waals surface area (Å²) in [5.41, 5.74) is 3.46. The van der Waals surface area contributed by atoms with Crippen LogP contribution in [0.2, 0.25) is 0 Å². The fourth-order valence-electron chi connectivity index (χ4n) is 2.67. The van der Waals surface area contributed by atoms with Gasteiger partial charge in [0.25, 0.3) is 0 Å². The monoisotopic (exact) mass is 395 g/mol. The molecule has 0 spiro atoms. The van der Waals surface area contributed by atoms with Crippen LogP contribution in [0, 0.1) is 13.8 Å². The van der Waals surface area contributed by atoms with Crippen LogP contribution >= 0.6 is 15.9 Å². The molecule has 0 unspecified atom stereocenters. The maximum atomic E-state index is 5.66. The SMILES string of the molecule is CCOc1cc(CNCCCn2nc(C)cc2C)cc(Br)c1OC. The summed E-state index contributed by atoms with van der Waals surface area (Å²) in [7, 11) is 1.65. The van der Waals surface area contributed by atoms with Gasteiger partial charge in [-0.05, 0) is 73.4 Å². The van der Waals surface area contributed by atoms with Gasteiger partial charge in [-0.3, -0.25) is 4.68 Å². The second-order valence-corrected chi connectivity index (χ2v) is 6.58. The number of nitrogens with one attached hydrogen (secondary N) is 1. The molecule has 24 heavy (non-hydrogen) atoms. The Morgan fingerprint density at radius 1 is 1.25 bits per heavy atom. The first-order valence-electron chi connectivity index (χ1n) is 8.26. The first kappa shape index (κ1) is 18.8. The Morgan fingerprint density at radius 3 is 2.67 bits per heavy atom.